The highest BCUT2D eigenvalue weighted by Crippen LogP contribution is 2.40. The Balaban J connectivity index is 2.45. The Hall–Kier alpha value is 0.137. The maximum absolute atomic E-state index is 8.94. The van der Waals surface area contributed by atoms with E-state index in [-0.39, 0.29) is 0 Å². The molecule has 0 spiro atoms. The second-order valence-corrected chi connectivity index (χ2v) is 11.4. The fourth-order valence-corrected chi connectivity index (χ4v) is 3.58. The van der Waals surface area contributed by atoms with Gasteiger partial charge in [-0.05, 0) is 49.7 Å². The first kappa shape index (κ1) is 14.2. The van der Waals surface area contributed by atoms with Crippen LogP contribution < -0.4 is 0 Å². The third-order valence-electron chi connectivity index (χ3n) is 4.30. The zero-order chi connectivity index (χ0) is 12.4. The Labute approximate surface area is 102 Å². The second-order valence-electron chi connectivity index (χ2n) is 6.69. The Kier molecular flexibility index (Phi) is 4.61. The van der Waals surface area contributed by atoms with Gasteiger partial charge >= 0.3 is 0 Å². The van der Waals surface area contributed by atoms with Crippen LogP contribution in [0.1, 0.15) is 46.5 Å². The highest BCUT2D eigenvalue weighted by atomic mass is 28.4. The van der Waals surface area contributed by atoms with Crippen molar-refractivity contribution in [2.45, 2.75) is 70.7 Å². The lowest BCUT2D eigenvalue weighted by Gasteiger charge is -2.38. The molecule has 1 aliphatic rings. The molecule has 0 radical (unpaired) electrons. The monoisotopic (exact) mass is 244 g/mol. The fourth-order valence-electron chi connectivity index (χ4n) is 2.17. The van der Waals surface area contributed by atoms with E-state index in [1.54, 1.807) is 0 Å². The molecule has 0 aliphatic heterocycles. The highest BCUT2D eigenvalue weighted by molar-refractivity contribution is 6.74. The van der Waals surface area contributed by atoms with Crippen LogP contribution in [-0.2, 0) is 4.43 Å². The summed E-state index contributed by atoms with van der Waals surface area (Å²) in [5, 5.41) is 9.25. The lowest BCUT2D eigenvalue weighted by molar-refractivity contribution is 0.178. The molecule has 2 nitrogen and oxygen atoms in total. The first-order valence-corrected chi connectivity index (χ1v) is 9.46. The molecule has 0 unspecified atom stereocenters. The molecule has 0 aromatic carbocycles. The van der Waals surface area contributed by atoms with Crippen molar-refractivity contribution in [1.29, 1.82) is 0 Å². The van der Waals surface area contributed by atoms with Crippen LogP contribution >= 0.6 is 0 Å². The van der Waals surface area contributed by atoms with Crippen LogP contribution in [-0.4, -0.2) is 26.1 Å². The van der Waals surface area contributed by atoms with Gasteiger partial charge in [-0.15, -0.1) is 0 Å². The average Bonchev–Trinajstić information content (AvgIpc) is 2.50. The van der Waals surface area contributed by atoms with Gasteiger partial charge in [-0.3, -0.25) is 0 Å². The van der Waals surface area contributed by atoms with Crippen LogP contribution in [0.5, 0.6) is 0 Å². The highest BCUT2D eigenvalue weighted by Gasteiger charge is 2.40. The minimum Gasteiger partial charge on any atom is -0.414 e. The normalized spacial score (nSPS) is 27.4. The molecular weight excluding hydrogens is 216 g/mol. The molecule has 1 N–H and O–H groups in total. The van der Waals surface area contributed by atoms with E-state index in [0.717, 1.165) is 12.8 Å². The summed E-state index contributed by atoms with van der Waals surface area (Å²) in [4.78, 5) is 0. The van der Waals surface area contributed by atoms with Crippen molar-refractivity contribution >= 4 is 8.32 Å². The molecular formula is C13H28O2Si. The molecule has 0 heterocycles. The first-order valence-electron chi connectivity index (χ1n) is 6.55. The summed E-state index contributed by atoms with van der Waals surface area (Å²) in [6, 6.07) is 0. The average molecular weight is 244 g/mol. The molecule has 1 saturated carbocycles. The summed E-state index contributed by atoms with van der Waals surface area (Å²) in [7, 11) is -1.58. The van der Waals surface area contributed by atoms with Crippen LogP contribution in [0, 0.1) is 5.92 Å². The number of aliphatic hydroxyl groups is 1. The third-order valence-corrected chi connectivity index (χ3v) is 8.83. The second kappa shape index (κ2) is 5.19. The fraction of sp³-hybridized carbons (Fsp3) is 1.00. The van der Waals surface area contributed by atoms with Gasteiger partial charge in [0.15, 0.2) is 8.32 Å². The molecule has 1 fully saturated rings. The molecule has 0 saturated heterocycles. The van der Waals surface area contributed by atoms with E-state index in [9.17, 15) is 0 Å². The topological polar surface area (TPSA) is 29.5 Å². The SMILES string of the molecule is CC(C)(C)[Si](C)(C)O[C@@H]1CC[C@@H](CCO)C1. The predicted molar refractivity (Wildman–Crippen MR) is 71.1 cm³/mol. The Morgan fingerprint density at radius 3 is 2.38 bits per heavy atom. The van der Waals surface area contributed by atoms with Crippen molar-refractivity contribution < 1.29 is 9.53 Å². The lowest BCUT2D eigenvalue weighted by Crippen LogP contribution is -2.43. The van der Waals surface area contributed by atoms with E-state index in [1.165, 1.54) is 12.8 Å². The summed E-state index contributed by atoms with van der Waals surface area (Å²) in [6.07, 6.45) is 5.00. The molecule has 3 heteroatoms. The molecule has 16 heavy (non-hydrogen) atoms. The first-order chi connectivity index (χ1) is 7.26. The zero-order valence-electron chi connectivity index (χ0n) is 11.5. The van der Waals surface area contributed by atoms with Gasteiger partial charge in [-0.25, -0.2) is 0 Å². The zero-order valence-corrected chi connectivity index (χ0v) is 12.5. The Morgan fingerprint density at radius 2 is 1.88 bits per heavy atom. The summed E-state index contributed by atoms with van der Waals surface area (Å²) in [5.74, 6) is 0.694. The van der Waals surface area contributed by atoms with Gasteiger partial charge in [0.25, 0.3) is 0 Å². The minimum atomic E-state index is -1.58. The van der Waals surface area contributed by atoms with Crippen LogP contribution in [0.4, 0.5) is 0 Å². The smallest absolute Gasteiger partial charge is 0.192 e. The van der Waals surface area contributed by atoms with Crippen LogP contribution in [0.25, 0.3) is 0 Å². The molecule has 96 valence electrons. The Morgan fingerprint density at radius 1 is 1.25 bits per heavy atom. The van der Waals surface area contributed by atoms with Crippen molar-refractivity contribution in [3.63, 3.8) is 0 Å². The number of hydrogen-bond acceptors (Lipinski definition) is 2. The molecule has 0 amide bonds. The number of hydrogen-bond donors (Lipinski definition) is 1. The third kappa shape index (κ3) is 3.57. The van der Waals surface area contributed by atoms with E-state index in [4.69, 9.17) is 9.53 Å². The van der Waals surface area contributed by atoms with Crippen LogP contribution in [0.15, 0.2) is 0 Å². The summed E-state index contributed by atoms with van der Waals surface area (Å²) in [6.45, 7) is 11.9. The van der Waals surface area contributed by atoms with Crippen molar-refractivity contribution in [2.24, 2.45) is 5.92 Å². The quantitative estimate of drug-likeness (QED) is 0.766. The molecule has 2 atom stereocenters. The van der Waals surface area contributed by atoms with E-state index < -0.39 is 8.32 Å². The summed E-state index contributed by atoms with van der Waals surface area (Å²) >= 11 is 0. The lowest BCUT2D eigenvalue weighted by atomic mass is 10.1. The van der Waals surface area contributed by atoms with Crippen molar-refractivity contribution in [3.05, 3.63) is 0 Å². The summed E-state index contributed by atoms with van der Waals surface area (Å²) < 4.78 is 6.40. The largest absolute Gasteiger partial charge is 0.414 e. The van der Waals surface area contributed by atoms with Gasteiger partial charge in [0.05, 0.1) is 0 Å². The van der Waals surface area contributed by atoms with Gasteiger partial charge in [-0.1, -0.05) is 20.8 Å². The number of aliphatic hydroxyl groups excluding tert-OH is 1. The van der Waals surface area contributed by atoms with Gasteiger partial charge in [-0.2, -0.15) is 0 Å². The van der Waals surface area contributed by atoms with E-state index >= 15 is 0 Å². The van der Waals surface area contributed by atoms with Crippen LogP contribution in [0.2, 0.25) is 18.1 Å². The van der Waals surface area contributed by atoms with Crippen molar-refractivity contribution in [3.8, 4) is 0 Å². The molecule has 0 aromatic rings. The van der Waals surface area contributed by atoms with E-state index in [1.807, 2.05) is 0 Å². The van der Waals surface area contributed by atoms with Crippen molar-refractivity contribution in [2.75, 3.05) is 6.61 Å². The molecule has 1 aliphatic carbocycles. The minimum absolute atomic E-state index is 0.308. The maximum Gasteiger partial charge on any atom is 0.192 e. The van der Waals surface area contributed by atoms with E-state index in [2.05, 4.69) is 33.9 Å². The van der Waals surface area contributed by atoms with Crippen molar-refractivity contribution in [1.82, 2.24) is 0 Å². The van der Waals surface area contributed by atoms with Gasteiger partial charge in [0, 0.05) is 12.7 Å². The van der Waals surface area contributed by atoms with Gasteiger partial charge < -0.3 is 9.53 Å². The Bertz CT molecular complexity index is 220. The van der Waals surface area contributed by atoms with Crippen LogP contribution in [0.3, 0.4) is 0 Å². The molecule has 0 bridgehead atoms. The number of rotatable bonds is 4. The standard InChI is InChI=1S/C13H28O2Si/c1-13(2,3)16(4,5)15-12-7-6-11(10-12)8-9-14/h11-12,14H,6-10H2,1-5H3/t11-,12+/m0/s1. The van der Waals surface area contributed by atoms with Gasteiger partial charge in [0.2, 0.25) is 0 Å². The predicted octanol–water partition coefficient (Wildman–Crippen LogP) is 3.56. The van der Waals surface area contributed by atoms with Gasteiger partial charge in [0.1, 0.15) is 0 Å². The summed E-state index contributed by atoms with van der Waals surface area (Å²) in [5.41, 5.74) is 0. The van der Waals surface area contributed by atoms with E-state index in [0.29, 0.717) is 23.7 Å². The molecule has 0 aromatic heterocycles. The maximum atomic E-state index is 8.94. The molecule has 1 rings (SSSR count).